The fourth-order valence-corrected chi connectivity index (χ4v) is 3.33. The Kier molecular flexibility index (Phi) is 6.19. The van der Waals surface area contributed by atoms with Crippen molar-refractivity contribution in [2.45, 2.75) is 19.6 Å². The molecule has 0 radical (unpaired) electrons. The minimum atomic E-state index is -1.05. The summed E-state index contributed by atoms with van der Waals surface area (Å²) in [5.41, 5.74) is 0.582. The largest absolute Gasteiger partial charge is 0.507 e. The summed E-state index contributed by atoms with van der Waals surface area (Å²) < 4.78 is 16.0. The first-order valence-electron chi connectivity index (χ1n) is 9.90. The van der Waals surface area contributed by atoms with E-state index in [-0.39, 0.29) is 34.3 Å². The van der Waals surface area contributed by atoms with Crippen LogP contribution in [-0.4, -0.2) is 23.2 Å². The SMILES string of the molecule is C[C@@H](NC(=O)OCc1ccccc1)C(=O)Oc1cc(O)c2c(=O)c3ccc(Cl)cc3oc2c1. The molecule has 2 N–H and O–H groups in total. The Hall–Kier alpha value is -4.04. The van der Waals surface area contributed by atoms with Gasteiger partial charge < -0.3 is 24.3 Å². The molecule has 168 valence electrons. The van der Waals surface area contributed by atoms with Crippen molar-refractivity contribution in [2.75, 3.05) is 0 Å². The molecule has 1 heterocycles. The zero-order valence-electron chi connectivity index (χ0n) is 17.3. The van der Waals surface area contributed by atoms with Crippen molar-refractivity contribution in [3.05, 3.63) is 81.5 Å². The number of esters is 1. The molecule has 9 heteroatoms. The number of alkyl carbamates (subject to hydrolysis) is 1. The van der Waals surface area contributed by atoms with Crippen LogP contribution < -0.4 is 15.5 Å². The molecule has 1 amide bonds. The lowest BCUT2D eigenvalue weighted by molar-refractivity contribution is -0.136. The molecule has 1 aromatic heterocycles. The van der Waals surface area contributed by atoms with Gasteiger partial charge in [0.2, 0.25) is 5.43 Å². The van der Waals surface area contributed by atoms with E-state index in [9.17, 15) is 19.5 Å². The minimum absolute atomic E-state index is 0.0143. The fraction of sp³-hybridized carbons (Fsp3) is 0.125. The molecular weight excluding hydrogens is 450 g/mol. The molecular formula is C24H18ClNO7. The first-order valence-corrected chi connectivity index (χ1v) is 10.3. The van der Waals surface area contributed by atoms with Crippen LogP contribution in [0.4, 0.5) is 4.79 Å². The zero-order chi connectivity index (χ0) is 23.5. The van der Waals surface area contributed by atoms with E-state index in [0.29, 0.717) is 5.02 Å². The lowest BCUT2D eigenvalue weighted by Gasteiger charge is -2.14. The van der Waals surface area contributed by atoms with Gasteiger partial charge in [0.05, 0.1) is 5.39 Å². The molecule has 0 saturated heterocycles. The zero-order valence-corrected chi connectivity index (χ0v) is 18.1. The summed E-state index contributed by atoms with van der Waals surface area (Å²) in [6.45, 7) is 1.46. The van der Waals surface area contributed by atoms with Gasteiger partial charge in [-0.3, -0.25) is 4.79 Å². The average molecular weight is 468 g/mol. The molecule has 1 atom stereocenters. The Morgan fingerprint density at radius 3 is 2.61 bits per heavy atom. The number of aromatic hydroxyl groups is 1. The van der Waals surface area contributed by atoms with E-state index >= 15 is 0 Å². The van der Waals surface area contributed by atoms with Gasteiger partial charge in [0.25, 0.3) is 0 Å². The van der Waals surface area contributed by atoms with Crippen molar-refractivity contribution in [1.29, 1.82) is 0 Å². The van der Waals surface area contributed by atoms with Crippen LogP contribution in [0.5, 0.6) is 11.5 Å². The van der Waals surface area contributed by atoms with Crippen LogP contribution in [0.25, 0.3) is 21.9 Å². The van der Waals surface area contributed by atoms with Crippen LogP contribution in [0.1, 0.15) is 12.5 Å². The molecule has 4 rings (SSSR count). The number of phenols is 1. The highest BCUT2D eigenvalue weighted by Crippen LogP contribution is 2.31. The maximum Gasteiger partial charge on any atom is 0.408 e. The summed E-state index contributed by atoms with van der Waals surface area (Å²) >= 11 is 5.96. The van der Waals surface area contributed by atoms with Gasteiger partial charge in [0.15, 0.2) is 0 Å². The van der Waals surface area contributed by atoms with E-state index in [2.05, 4.69) is 5.32 Å². The van der Waals surface area contributed by atoms with Crippen molar-refractivity contribution in [1.82, 2.24) is 5.32 Å². The van der Waals surface area contributed by atoms with Gasteiger partial charge in [-0.1, -0.05) is 41.9 Å². The predicted octanol–water partition coefficient (Wildman–Crippen LogP) is 4.53. The van der Waals surface area contributed by atoms with Crippen LogP contribution in [0.2, 0.25) is 5.02 Å². The number of carbonyl (C=O) groups is 2. The third kappa shape index (κ3) is 4.91. The molecule has 3 aromatic carbocycles. The molecule has 0 spiro atoms. The average Bonchev–Trinajstić information content (AvgIpc) is 2.77. The molecule has 4 aromatic rings. The van der Waals surface area contributed by atoms with Gasteiger partial charge in [-0.25, -0.2) is 9.59 Å². The number of carbonyl (C=O) groups excluding carboxylic acids is 2. The Morgan fingerprint density at radius 2 is 1.85 bits per heavy atom. The lowest BCUT2D eigenvalue weighted by atomic mass is 10.1. The first-order chi connectivity index (χ1) is 15.8. The third-order valence-electron chi connectivity index (χ3n) is 4.81. The molecule has 8 nitrogen and oxygen atoms in total. The number of ether oxygens (including phenoxy) is 2. The number of hydrogen-bond donors (Lipinski definition) is 2. The highest BCUT2D eigenvalue weighted by atomic mass is 35.5. The number of amides is 1. The summed E-state index contributed by atoms with van der Waals surface area (Å²) in [7, 11) is 0. The smallest absolute Gasteiger partial charge is 0.408 e. The minimum Gasteiger partial charge on any atom is -0.507 e. The van der Waals surface area contributed by atoms with Crippen LogP contribution in [0, 0.1) is 0 Å². The van der Waals surface area contributed by atoms with Crippen LogP contribution >= 0.6 is 11.6 Å². The Bertz CT molecular complexity index is 1420. The highest BCUT2D eigenvalue weighted by Gasteiger charge is 2.21. The Labute approximate surface area is 192 Å². The molecule has 0 saturated carbocycles. The number of halogens is 1. The summed E-state index contributed by atoms with van der Waals surface area (Å²) in [4.78, 5) is 37.1. The van der Waals surface area contributed by atoms with Gasteiger partial charge in [-0.15, -0.1) is 0 Å². The monoisotopic (exact) mass is 467 g/mol. The maximum atomic E-state index is 12.7. The number of benzene rings is 3. The molecule has 0 bridgehead atoms. The molecule has 33 heavy (non-hydrogen) atoms. The molecule has 0 unspecified atom stereocenters. The standard InChI is InChI=1S/C24H18ClNO7/c1-13(26-24(30)31-12-14-5-3-2-4-6-14)23(29)32-16-10-18(27)21-20(11-16)33-19-9-15(25)7-8-17(19)22(21)28/h2-11,13,27H,12H2,1H3,(H,26,30)/t13-/m1/s1. The Morgan fingerprint density at radius 1 is 1.09 bits per heavy atom. The van der Waals surface area contributed by atoms with Crippen molar-refractivity contribution >= 4 is 45.6 Å². The molecule has 0 fully saturated rings. The van der Waals surface area contributed by atoms with Crippen LogP contribution in [-0.2, 0) is 16.1 Å². The summed E-state index contributed by atoms with van der Waals surface area (Å²) in [6.07, 6.45) is -0.793. The van der Waals surface area contributed by atoms with E-state index in [4.69, 9.17) is 25.5 Å². The first kappa shape index (κ1) is 22.2. The topological polar surface area (TPSA) is 115 Å². The van der Waals surface area contributed by atoms with E-state index in [1.54, 1.807) is 18.2 Å². The summed E-state index contributed by atoms with van der Waals surface area (Å²) in [5, 5.41) is 13.3. The second-order valence-corrected chi connectivity index (χ2v) is 7.67. The third-order valence-corrected chi connectivity index (χ3v) is 5.04. The van der Waals surface area contributed by atoms with Gasteiger partial charge in [0.1, 0.15) is 40.7 Å². The van der Waals surface area contributed by atoms with Crippen molar-refractivity contribution in [2.24, 2.45) is 0 Å². The second-order valence-electron chi connectivity index (χ2n) is 7.24. The van der Waals surface area contributed by atoms with Gasteiger partial charge in [0, 0.05) is 23.2 Å². The number of fused-ring (bicyclic) bond motifs is 2. The van der Waals surface area contributed by atoms with Crippen LogP contribution in [0.15, 0.2) is 69.9 Å². The van der Waals surface area contributed by atoms with E-state index in [1.165, 1.54) is 25.1 Å². The maximum absolute atomic E-state index is 12.7. The molecule has 0 aliphatic heterocycles. The normalized spacial score (nSPS) is 11.8. The number of rotatable bonds is 5. The van der Waals surface area contributed by atoms with Gasteiger partial charge >= 0.3 is 12.1 Å². The number of phenolic OH excluding ortho intramolecular Hbond substituents is 1. The highest BCUT2D eigenvalue weighted by molar-refractivity contribution is 6.31. The van der Waals surface area contributed by atoms with Crippen LogP contribution in [0.3, 0.4) is 0 Å². The van der Waals surface area contributed by atoms with E-state index in [0.717, 1.165) is 11.6 Å². The predicted molar refractivity (Wildman–Crippen MR) is 122 cm³/mol. The second kappa shape index (κ2) is 9.22. The van der Waals surface area contributed by atoms with Crippen molar-refractivity contribution in [3.8, 4) is 11.5 Å². The lowest BCUT2D eigenvalue weighted by Crippen LogP contribution is -2.41. The molecule has 0 aliphatic carbocycles. The number of hydrogen-bond acceptors (Lipinski definition) is 7. The summed E-state index contributed by atoms with van der Waals surface area (Å²) in [5.74, 6) is -1.29. The van der Waals surface area contributed by atoms with Crippen molar-refractivity contribution < 1.29 is 28.6 Å². The fourth-order valence-electron chi connectivity index (χ4n) is 3.17. The summed E-state index contributed by atoms with van der Waals surface area (Å²) in [6, 6.07) is 15.0. The quantitative estimate of drug-likeness (QED) is 0.252. The molecule has 0 aliphatic rings. The Balaban J connectivity index is 1.48. The number of nitrogens with one attached hydrogen (secondary N) is 1. The van der Waals surface area contributed by atoms with Gasteiger partial charge in [-0.05, 0) is 24.6 Å². The van der Waals surface area contributed by atoms with Gasteiger partial charge in [-0.2, -0.15) is 0 Å². The van der Waals surface area contributed by atoms with Crippen molar-refractivity contribution in [3.63, 3.8) is 0 Å². The van der Waals surface area contributed by atoms with E-state index in [1.807, 2.05) is 18.2 Å². The van der Waals surface area contributed by atoms with E-state index < -0.39 is 29.3 Å².